The zero-order valence-corrected chi connectivity index (χ0v) is 24.6. The fourth-order valence-corrected chi connectivity index (χ4v) is 6.53. The lowest BCUT2D eigenvalue weighted by molar-refractivity contribution is -0.120. The minimum absolute atomic E-state index is 0.220. The van der Waals surface area contributed by atoms with Crippen molar-refractivity contribution in [3.8, 4) is 11.6 Å². The number of amides is 1. The van der Waals surface area contributed by atoms with Crippen LogP contribution >= 0.6 is 0 Å². The third-order valence-electron chi connectivity index (χ3n) is 8.00. The number of benzene rings is 2. The van der Waals surface area contributed by atoms with Gasteiger partial charge in [0.25, 0.3) is 0 Å². The molecule has 2 aliphatic rings. The van der Waals surface area contributed by atoms with E-state index in [2.05, 4.69) is 31.6 Å². The lowest BCUT2D eigenvalue weighted by atomic mass is 9.86. The Balaban J connectivity index is 1.14. The zero-order chi connectivity index (χ0) is 28.7. The van der Waals surface area contributed by atoms with Gasteiger partial charge in [-0.25, -0.2) is 13.4 Å². The van der Waals surface area contributed by atoms with Crippen LogP contribution in [0.5, 0.6) is 11.6 Å². The van der Waals surface area contributed by atoms with Gasteiger partial charge < -0.3 is 9.64 Å². The number of rotatable bonds is 10. The molecule has 1 saturated heterocycles. The normalized spacial score (nSPS) is 17.2. The molecule has 9 heteroatoms. The number of piperidine rings is 1. The summed E-state index contributed by atoms with van der Waals surface area (Å²) < 4.78 is 31.0. The van der Waals surface area contributed by atoms with Gasteiger partial charge in [0.15, 0.2) is 0 Å². The van der Waals surface area contributed by atoms with Gasteiger partial charge in [-0.1, -0.05) is 43.5 Å². The van der Waals surface area contributed by atoms with E-state index in [1.807, 2.05) is 36.5 Å². The number of carbonyl (C=O) groups is 1. The Labute approximate surface area is 243 Å². The molecule has 0 atom stereocenters. The first-order valence-electron chi connectivity index (χ1n) is 14.6. The number of ether oxygens (including phenoxy) is 1. The third kappa shape index (κ3) is 8.53. The zero-order valence-electron chi connectivity index (χ0n) is 23.7. The highest BCUT2D eigenvalue weighted by atomic mass is 32.2. The van der Waals surface area contributed by atoms with Crippen molar-refractivity contribution < 1.29 is 17.9 Å². The Morgan fingerprint density at radius 3 is 2.29 bits per heavy atom. The molecule has 1 saturated carbocycles. The molecule has 2 fully saturated rings. The second kappa shape index (κ2) is 13.5. The van der Waals surface area contributed by atoms with Crippen LogP contribution in [-0.2, 0) is 21.4 Å². The van der Waals surface area contributed by atoms with E-state index in [1.54, 1.807) is 24.3 Å². The predicted molar refractivity (Wildman–Crippen MR) is 163 cm³/mol. The number of para-hydroxylation sites is 1. The first kappa shape index (κ1) is 29.1. The number of nitrogens with zero attached hydrogens (tertiary/aromatic N) is 3. The molecule has 2 aromatic carbocycles. The van der Waals surface area contributed by atoms with Crippen LogP contribution in [0.3, 0.4) is 0 Å². The first-order valence-corrected chi connectivity index (χ1v) is 16.5. The quantitative estimate of drug-likeness (QED) is 0.308. The van der Waals surface area contributed by atoms with Crippen molar-refractivity contribution in [2.75, 3.05) is 29.0 Å². The second-order valence-electron chi connectivity index (χ2n) is 11.3. The molecule has 1 aromatic heterocycles. The van der Waals surface area contributed by atoms with Gasteiger partial charge >= 0.3 is 0 Å². The van der Waals surface area contributed by atoms with Crippen LogP contribution in [0.2, 0.25) is 0 Å². The van der Waals surface area contributed by atoms with Gasteiger partial charge in [0.05, 0.1) is 6.26 Å². The smallest absolute Gasteiger partial charge is 0.229 e. The topological polar surface area (TPSA) is 91.8 Å². The average Bonchev–Trinajstić information content (AvgIpc) is 2.97. The summed E-state index contributed by atoms with van der Waals surface area (Å²) in [5.74, 6) is 1.86. The molecule has 1 N–H and O–H groups in total. The average molecular weight is 577 g/mol. The summed E-state index contributed by atoms with van der Waals surface area (Å²) in [6.45, 7) is 2.65. The number of pyridine rings is 1. The van der Waals surface area contributed by atoms with Crippen molar-refractivity contribution in [2.45, 2.75) is 64.0 Å². The lowest BCUT2D eigenvalue weighted by Crippen LogP contribution is -2.48. The summed E-state index contributed by atoms with van der Waals surface area (Å²) in [5, 5.41) is 0. The van der Waals surface area contributed by atoms with Crippen LogP contribution in [0.15, 0.2) is 72.9 Å². The third-order valence-corrected chi connectivity index (χ3v) is 8.60. The highest BCUT2D eigenvalue weighted by molar-refractivity contribution is 7.92. The van der Waals surface area contributed by atoms with Crippen molar-refractivity contribution in [3.05, 3.63) is 78.5 Å². The Morgan fingerprint density at radius 1 is 0.951 bits per heavy atom. The van der Waals surface area contributed by atoms with Gasteiger partial charge in [0.1, 0.15) is 5.75 Å². The van der Waals surface area contributed by atoms with Gasteiger partial charge in [-0.05, 0) is 73.6 Å². The van der Waals surface area contributed by atoms with Gasteiger partial charge in [-0.2, -0.15) is 0 Å². The van der Waals surface area contributed by atoms with Crippen LogP contribution in [0.4, 0.5) is 11.4 Å². The maximum atomic E-state index is 13.6. The Morgan fingerprint density at radius 2 is 1.66 bits per heavy atom. The summed E-state index contributed by atoms with van der Waals surface area (Å²) in [6, 6.07) is 21.0. The Bertz CT molecular complexity index is 1370. The summed E-state index contributed by atoms with van der Waals surface area (Å²) in [6.07, 6.45) is 11.7. The number of nitrogens with one attached hydrogen (secondary N) is 1. The van der Waals surface area contributed by atoms with Gasteiger partial charge in [0, 0.05) is 55.7 Å². The molecule has 3 aromatic rings. The van der Waals surface area contributed by atoms with Crippen molar-refractivity contribution >= 4 is 27.3 Å². The molecule has 218 valence electrons. The van der Waals surface area contributed by atoms with E-state index in [1.165, 1.54) is 32.1 Å². The van der Waals surface area contributed by atoms with Gasteiger partial charge in [0.2, 0.25) is 21.8 Å². The largest absolute Gasteiger partial charge is 0.439 e. The standard InChI is InChI=1S/C32H40N4O4S/c1-41(38,39)34-27-13-15-30(16-14-27)40-31-17-12-26(23-33-31)24-35-20-18-29(19-21-35)36(28-10-6-3-7-11-28)32(37)22-25-8-4-2-5-9-25/h3,6-7,10-17,23,25,29,34H,2,4-5,8-9,18-22,24H2,1H3. The molecule has 41 heavy (non-hydrogen) atoms. The van der Waals surface area contributed by atoms with Crippen molar-refractivity contribution in [1.29, 1.82) is 0 Å². The van der Waals surface area contributed by atoms with Crippen LogP contribution in [-0.4, -0.2) is 49.6 Å². The van der Waals surface area contributed by atoms with Crippen molar-refractivity contribution in [3.63, 3.8) is 0 Å². The molecule has 0 unspecified atom stereocenters. The van der Waals surface area contributed by atoms with Gasteiger partial charge in [-0.15, -0.1) is 0 Å². The number of anilines is 2. The highest BCUT2D eigenvalue weighted by Gasteiger charge is 2.30. The molecule has 0 radical (unpaired) electrons. The van der Waals surface area contributed by atoms with E-state index in [9.17, 15) is 13.2 Å². The van der Waals surface area contributed by atoms with Crippen LogP contribution in [0.25, 0.3) is 0 Å². The number of hydrogen-bond acceptors (Lipinski definition) is 6. The highest BCUT2D eigenvalue weighted by Crippen LogP contribution is 2.31. The summed E-state index contributed by atoms with van der Waals surface area (Å²) in [7, 11) is -3.32. The maximum absolute atomic E-state index is 13.6. The first-order chi connectivity index (χ1) is 19.8. The molecule has 2 heterocycles. The van der Waals surface area contributed by atoms with E-state index >= 15 is 0 Å². The number of carbonyl (C=O) groups excluding carboxylic acids is 1. The molecule has 8 nitrogen and oxygen atoms in total. The van der Waals surface area contributed by atoms with E-state index in [0.29, 0.717) is 29.7 Å². The summed E-state index contributed by atoms with van der Waals surface area (Å²) in [4.78, 5) is 22.6. The molecule has 0 spiro atoms. The second-order valence-corrected chi connectivity index (χ2v) is 13.1. The monoisotopic (exact) mass is 576 g/mol. The van der Waals surface area contributed by atoms with Crippen LogP contribution < -0.4 is 14.4 Å². The molecule has 1 aliphatic carbocycles. The fourth-order valence-electron chi connectivity index (χ4n) is 5.97. The fraction of sp³-hybridized carbons (Fsp3) is 0.438. The van der Waals surface area contributed by atoms with Crippen molar-refractivity contribution in [1.82, 2.24) is 9.88 Å². The van der Waals surface area contributed by atoms with Gasteiger partial charge in [-0.3, -0.25) is 14.4 Å². The number of sulfonamides is 1. The minimum Gasteiger partial charge on any atom is -0.439 e. The molecule has 1 amide bonds. The van der Waals surface area contributed by atoms with E-state index in [4.69, 9.17) is 4.74 Å². The van der Waals surface area contributed by atoms with E-state index in [0.717, 1.165) is 50.0 Å². The predicted octanol–water partition coefficient (Wildman–Crippen LogP) is 6.21. The molecule has 5 rings (SSSR count). The Kier molecular flexibility index (Phi) is 9.57. The Hall–Kier alpha value is -3.43. The van der Waals surface area contributed by atoms with Crippen LogP contribution in [0, 0.1) is 5.92 Å². The number of aromatic nitrogens is 1. The van der Waals surface area contributed by atoms with E-state index in [-0.39, 0.29) is 11.9 Å². The maximum Gasteiger partial charge on any atom is 0.229 e. The van der Waals surface area contributed by atoms with Crippen LogP contribution in [0.1, 0.15) is 56.9 Å². The molecular formula is C32H40N4O4S. The minimum atomic E-state index is -3.32. The SMILES string of the molecule is CS(=O)(=O)Nc1ccc(Oc2ccc(CN3CCC(N(C(=O)CC4CCCCC4)c4ccccc4)CC3)cn2)cc1. The lowest BCUT2D eigenvalue weighted by Gasteiger charge is -2.39. The molecule has 0 bridgehead atoms. The van der Waals surface area contributed by atoms with Crippen molar-refractivity contribution in [2.24, 2.45) is 5.92 Å². The number of hydrogen-bond donors (Lipinski definition) is 1. The molecule has 1 aliphatic heterocycles. The molecular weight excluding hydrogens is 536 g/mol. The summed E-state index contributed by atoms with van der Waals surface area (Å²) >= 11 is 0. The van der Waals surface area contributed by atoms with E-state index < -0.39 is 10.0 Å². The summed E-state index contributed by atoms with van der Waals surface area (Å²) in [5.41, 5.74) is 2.61. The number of likely N-dealkylation sites (tertiary alicyclic amines) is 1.